The van der Waals surface area contributed by atoms with Crippen molar-refractivity contribution in [3.05, 3.63) is 70.5 Å². The van der Waals surface area contributed by atoms with Crippen LogP contribution in [0.4, 0.5) is 0 Å². The second-order valence-corrected chi connectivity index (χ2v) is 6.96. The summed E-state index contributed by atoms with van der Waals surface area (Å²) in [6.45, 7) is 0. The fraction of sp³-hybridized carbons (Fsp3) is 0.167. The van der Waals surface area contributed by atoms with Crippen molar-refractivity contribution in [2.75, 3.05) is 12.9 Å². The first-order chi connectivity index (χ1) is 12.2. The maximum absolute atomic E-state index is 5.95. The average Bonchev–Trinajstić information content (AvgIpc) is 3.06. The molecule has 8 heteroatoms. The summed E-state index contributed by atoms with van der Waals surface area (Å²) in [6.07, 6.45) is 0.657. The number of halogens is 2. The molecule has 4 rings (SSSR count). The molecule has 3 aromatic rings. The van der Waals surface area contributed by atoms with Crippen molar-refractivity contribution in [1.29, 1.82) is 0 Å². The zero-order valence-corrected chi connectivity index (χ0v) is 17.2. The van der Waals surface area contributed by atoms with Gasteiger partial charge in [-0.05, 0) is 47.5 Å². The normalized spacial score (nSPS) is 12.8. The first-order valence-electron chi connectivity index (χ1n) is 7.77. The highest BCUT2D eigenvalue weighted by molar-refractivity contribution is 8.93. The average molecular weight is 452 g/mol. The molecule has 2 aromatic carbocycles. The number of aromatic nitrogens is 3. The van der Waals surface area contributed by atoms with Gasteiger partial charge in [0.05, 0.1) is 12.8 Å². The Bertz CT molecular complexity index is 925. The topological polar surface area (TPSA) is 52.3 Å². The van der Waals surface area contributed by atoms with E-state index in [1.165, 1.54) is 0 Å². The van der Waals surface area contributed by atoms with Gasteiger partial charge in [-0.15, -0.1) is 27.2 Å². The summed E-state index contributed by atoms with van der Waals surface area (Å²) in [7, 11) is 1.66. The summed E-state index contributed by atoms with van der Waals surface area (Å²) in [5, 5.41) is 14.9. The van der Waals surface area contributed by atoms with Crippen molar-refractivity contribution in [3.8, 4) is 5.75 Å². The van der Waals surface area contributed by atoms with E-state index in [1.807, 2.05) is 53.2 Å². The lowest BCUT2D eigenvalue weighted by atomic mass is 10.1. The van der Waals surface area contributed by atoms with Crippen LogP contribution in [0.5, 0.6) is 5.75 Å². The lowest BCUT2D eigenvalue weighted by Crippen LogP contribution is -2.14. The van der Waals surface area contributed by atoms with Crippen LogP contribution >= 0.6 is 40.3 Å². The third-order valence-corrected chi connectivity index (χ3v) is 5.12. The van der Waals surface area contributed by atoms with Gasteiger partial charge < -0.3 is 4.74 Å². The Kier molecular flexibility index (Phi) is 6.01. The molecule has 0 unspecified atom stereocenters. The third kappa shape index (κ3) is 3.95. The van der Waals surface area contributed by atoms with Crippen LogP contribution in [0.15, 0.2) is 58.8 Å². The minimum absolute atomic E-state index is 0. The van der Waals surface area contributed by atoms with Crippen molar-refractivity contribution in [2.24, 2.45) is 5.10 Å². The summed E-state index contributed by atoms with van der Waals surface area (Å²) >= 11 is 7.59. The second-order valence-electron chi connectivity index (χ2n) is 5.58. The Hall–Kier alpha value is -1.83. The molecule has 134 valence electrons. The van der Waals surface area contributed by atoms with Crippen LogP contribution in [0.25, 0.3) is 0 Å². The Labute approximate surface area is 171 Å². The van der Waals surface area contributed by atoms with Gasteiger partial charge in [0.15, 0.2) is 5.82 Å². The summed E-state index contributed by atoms with van der Waals surface area (Å²) in [4.78, 5) is 0. The molecule has 0 fully saturated rings. The quantitative estimate of drug-likeness (QED) is 0.587. The summed E-state index contributed by atoms with van der Waals surface area (Å²) < 4.78 is 7.05. The molecule has 0 atom stereocenters. The Morgan fingerprint density at radius 3 is 2.50 bits per heavy atom. The van der Waals surface area contributed by atoms with Gasteiger partial charge in [0.1, 0.15) is 5.75 Å². The van der Waals surface area contributed by atoms with E-state index in [0.717, 1.165) is 44.3 Å². The van der Waals surface area contributed by atoms with Gasteiger partial charge in [0.25, 0.3) is 0 Å². The smallest absolute Gasteiger partial charge is 0.212 e. The van der Waals surface area contributed by atoms with Crippen molar-refractivity contribution in [2.45, 2.75) is 11.6 Å². The third-order valence-electron chi connectivity index (χ3n) is 3.93. The molecule has 2 heterocycles. The molecular weight excluding hydrogens is 436 g/mol. The zero-order chi connectivity index (χ0) is 17.2. The van der Waals surface area contributed by atoms with Crippen molar-refractivity contribution >= 4 is 46.1 Å². The summed E-state index contributed by atoms with van der Waals surface area (Å²) in [5.74, 6) is 2.42. The number of nitrogens with zero attached hydrogens (tertiary/aromatic N) is 4. The molecule has 0 aliphatic carbocycles. The highest BCUT2D eigenvalue weighted by Crippen LogP contribution is 2.25. The SMILES string of the molecule is Br.COc1ccc(C2=Nn3c(Cc4ccc(Cl)cc4)nnc3SC2)cc1. The number of methoxy groups -OCH3 is 1. The van der Waals surface area contributed by atoms with Gasteiger partial charge >= 0.3 is 0 Å². The Morgan fingerprint density at radius 1 is 1.08 bits per heavy atom. The molecule has 0 saturated heterocycles. The van der Waals surface area contributed by atoms with Crippen LogP contribution in [0, 0.1) is 0 Å². The predicted octanol–water partition coefficient (Wildman–Crippen LogP) is 4.47. The first-order valence-corrected chi connectivity index (χ1v) is 9.13. The molecule has 0 bridgehead atoms. The molecule has 0 saturated carbocycles. The molecule has 0 amide bonds. The fourth-order valence-electron chi connectivity index (χ4n) is 2.59. The molecule has 0 spiro atoms. The van der Waals surface area contributed by atoms with Crippen molar-refractivity contribution < 1.29 is 4.74 Å². The van der Waals surface area contributed by atoms with Crippen molar-refractivity contribution in [3.63, 3.8) is 0 Å². The number of benzene rings is 2. The second kappa shape index (κ2) is 8.24. The molecule has 0 N–H and O–H groups in total. The predicted molar refractivity (Wildman–Crippen MR) is 110 cm³/mol. The van der Waals surface area contributed by atoms with Gasteiger partial charge in [-0.2, -0.15) is 9.78 Å². The van der Waals surface area contributed by atoms with E-state index in [4.69, 9.17) is 21.4 Å². The van der Waals surface area contributed by atoms with E-state index in [9.17, 15) is 0 Å². The van der Waals surface area contributed by atoms with Crippen LogP contribution in [0.3, 0.4) is 0 Å². The number of hydrogen-bond donors (Lipinski definition) is 0. The summed E-state index contributed by atoms with van der Waals surface area (Å²) in [6, 6.07) is 15.7. The van der Waals surface area contributed by atoms with Crippen LogP contribution < -0.4 is 4.74 Å². The highest BCUT2D eigenvalue weighted by atomic mass is 79.9. The first kappa shape index (κ1) is 18.9. The maximum Gasteiger partial charge on any atom is 0.212 e. The van der Waals surface area contributed by atoms with E-state index in [2.05, 4.69) is 10.2 Å². The van der Waals surface area contributed by atoms with E-state index in [0.29, 0.717) is 6.42 Å². The highest BCUT2D eigenvalue weighted by Gasteiger charge is 2.20. The number of hydrogen-bond acceptors (Lipinski definition) is 5. The van der Waals surface area contributed by atoms with Crippen LogP contribution in [-0.2, 0) is 6.42 Å². The number of thioether (sulfide) groups is 1. The molecule has 1 aliphatic rings. The van der Waals surface area contributed by atoms with E-state index < -0.39 is 0 Å². The van der Waals surface area contributed by atoms with Crippen LogP contribution in [0.2, 0.25) is 5.02 Å². The number of ether oxygens (including phenoxy) is 1. The minimum atomic E-state index is 0. The summed E-state index contributed by atoms with van der Waals surface area (Å²) in [5.41, 5.74) is 3.19. The number of rotatable bonds is 4. The van der Waals surface area contributed by atoms with E-state index in [1.54, 1.807) is 18.9 Å². The molecule has 1 aliphatic heterocycles. The standard InChI is InChI=1S/C18H15ClN4OS.BrH/c1-24-15-8-4-13(5-9-15)16-11-25-18-21-20-17(23(18)22-16)10-12-2-6-14(19)7-3-12;/h2-9H,10-11H2,1H3;1H. The largest absolute Gasteiger partial charge is 0.497 e. The number of fused-ring (bicyclic) bond motifs is 1. The minimum Gasteiger partial charge on any atom is -0.497 e. The van der Waals surface area contributed by atoms with E-state index >= 15 is 0 Å². The molecule has 0 radical (unpaired) electrons. The van der Waals surface area contributed by atoms with Crippen molar-refractivity contribution in [1.82, 2.24) is 14.9 Å². The Morgan fingerprint density at radius 2 is 1.81 bits per heavy atom. The molecule has 5 nitrogen and oxygen atoms in total. The van der Waals surface area contributed by atoms with Gasteiger partial charge in [-0.3, -0.25) is 0 Å². The van der Waals surface area contributed by atoms with Crippen LogP contribution in [-0.4, -0.2) is 33.4 Å². The van der Waals surface area contributed by atoms with Crippen LogP contribution in [0.1, 0.15) is 17.0 Å². The van der Waals surface area contributed by atoms with E-state index in [-0.39, 0.29) is 17.0 Å². The lowest BCUT2D eigenvalue weighted by molar-refractivity contribution is 0.415. The molecular formula is C18H16BrClN4OS. The van der Waals surface area contributed by atoms with Gasteiger partial charge in [0, 0.05) is 17.2 Å². The Balaban J connectivity index is 0.00000196. The van der Waals surface area contributed by atoms with Gasteiger partial charge in [0.2, 0.25) is 5.16 Å². The lowest BCUT2D eigenvalue weighted by Gasteiger charge is -2.14. The monoisotopic (exact) mass is 450 g/mol. The fourth-order valence-corrected chi connectivity index (χ4v) is 3.57. The molecule has 1 aromatic heterocycles. The zero-order valence-electron chi connectivity index (χ0n) is 13.9. The van der Waals surface area contributed by atoms with Gasteiger partial charge in [-0.1, -0.05) is 35.5 Å². The molecule has 26 heavy (non-hydrogen) atoms. The van der Waals surface area contributed by atoms with Gasteiger partial charge in [-0.25, -0.2) is 0 Å². The maximum atomic E-state index is 5.95.